The summed E-state index contributed by atoms with van der Waals surface area (Å²) in [5, 5.41) is 13.4. The summed E-state index contributed by atoms with van der Waals surface area (Å²) in [6.07, 6.45) is 1.04. The van der Waals surface area contributed by atoms with Gasteiger partial charge in [-0.05, 0) is 12.1 Å². The van der Waals surface area contributed by atoms with Crippen LogP contribution in [0.15, 0.2) is 35.8 Å². The van der Waals surface area contributed by atoms with E-state index in [1.807, 2.05) is 5.38 Å². The highest BCUT2D eigenvalue weighted by Gasteiger charge is 2.36. The maximum Gasteiger partial charge on any atom is 0.261 e. The molecule has 4 rings (SSSR count). The number of aliphatic hydroxyl groups is 1. The number of aliphatic hydroxyl groups excluding tert-OH is 1. The molecule has 0 spiro atoms. The standard InChI is InChI=1S/C18H20N4O3S/c23-13(11-20-6-8-21(9-7-20)18-19-5-10-26-18)12-22-16(24)14-3-1-2-4-15(14)17(22)25/h1-5,10,13,23H,6-9,11-12H2/t13-/m0/s1. The van der Waals surface area contributed by atoms with E-state index in [2.05, 4.69) is 14.8 Å². The predicted molar refractivity (Wildman–Crippen MR) is 98.6 cm³/mol. The zero-order valence-electron chi connectivity index (χ0n) is 14.2. The summed E-state index contributed by atoms with van der Waals surface area (Å²) >= 11 is 1.63. The number of anilines is 1. The van der Waals surface area contributed by atoms with E-state index in [4.69, 9.17) is 0 Å². The summed E-state index contributed by atoms with van der Waals surface area (Å²) in [5.41, 5.74) is 0.837. The van der Waals surface area contributed by atoms with Crippen molar-refractivity contribution in [1.82, 2.24) is 14.8 Å². The van der Waals surface area contributed by atoms with Gasteiger partial charge in [0.25, 0.3) is 11.8 Å². The van der Waals surface area contributed by atoms with Gasteiger partial charge in [0.05, 0.1) is 23.8 Å². The third kappa shape index (κ3) is 3.23. The van der Waals surface area contributed by atoms with Crippen LogP contribution >= 0.6 is 11.3 Å². The maximum atomic E-state index is 12.4. The van der Waals surface area contributed by atoms with Gasteiger partial charge >= 0.3 is 0 Å². The number of β-amino-alcohol motifs (C(OH)–C–C–N with tert-alkyl or cyclic N) is 1. The Bertz CT molecular complexity index is 768. The fraction of sp³-hybridized carbons (Fsp3) is 0.389. The summed E-state index contributed by atoms with van der Waals surface area (Å²) in [7, 11) is 0. The van der Waals surface area contributed by atoms with Crippen molar-refractivity contribution in [3.05, 3.63) is 47.0 Å². The van der Waals surface area contributed by atoms with Crippen molar-refractivity contribution in [3.63, 3.8) is 0 Å². The molecule has 1 saturated heterocycles. The summed E-state index contributed by atoms with van der Waals surface area (Å²) in [4.78, 5) is 34.6. The maximum absolute atomic E-state index is 12.4. The molecule has 3 heterocycles. The zero-order valence-corrected chi connectivity index (χ0v) is 15.1. The number of amides is 2. The molecule has 1 aromatic heterocycles. The van der Waals surface area contributed by atoms with Crippen LogP contribution in [0.2, 0.25) is 0 Å². The minimum absolute atomic E-state index is 0.0268. The van der Waals surface area contributed by atoms with E-state index < -0.39 is 6.10 Å². The van der Waals surface area contributed by atoms with E-state index >= 15 is 0 Å². The van der Waals surface area contributed by atoms with Crippen molar-refractivity contribution in [2.75, 3.05) is 44.2 Å². The van der Waals surface area contributed by atoms with Crippen LogP contribution in [0, 0.1) is 0 Å². The van der Waals surface area contributed by atoms with Gasteiger partial charge < -0.3 is 10.0 Å². The van der Waals surface area contributed by atoms with E-state index in [9.17, 15) is 14.7 Å². The molecule has 0 saturated carbocycles. The molecule has 1 atom stereocenters. The Hall–Kier alpha value is -2.29. The SMILES string of the molecule is O=C1c2ccccc2C(=O)N1C[C@@H](O)CN1CCN(c2nccs2)CC1. The van der Waals surface area contributed by atoms with Crippen molar-refractivity contribution >= 4 is 28.3 Å². The number of thiazole rings is 1. The third-order valence-electron chi connectivity index (χ3n) is 4.80. The first kappa shape index (κ1) is 17.1. The lowest BCUT2D eigenvalue weighted by Gasteiger charge is -2.35. The number of imide groups is 1. The lowest BCUT2D eigenvalue weighted by atomic mass is 10.1. The Labute approximate surface area is 155 Å². The molecule has 2 aromatic rings. The van der Waals surface area contributed by atoms with Crippen molar-refractivity contribution in [3.8, 4) is 0 Å². The average Bonchev–Trinajstić information content (AvgIpc) is 3.27. The highest BCUT2D eigenvalue weighted by molar-refractivity contribution is 7.13. The molecule has 7 nitrogen and oxygen atoms in total. The van der Waals surface area contributed by atoms with Crippen LogP contribution < -0.4 is 4.90 Å². The second-order valence-corrected chi connectivity index (χ2v) is 7.40. The minimum atomic E-state index is -0.761. The smallest absolute Gasteiger partial charge is 0.261 e. The molecule has 8 heteroatoms. The van der Waals surface area contributed by atoms with Crippen LogP contribution in [-0.4, -0.2) is 77.1 Å². The van der Waals surface area contributed by atoms with Gasteiger partial charge in [-0.25, -0.2) is 4.98 Å². The topological polar surface area (TPSA) is 77.0 Å². The summed E-state index contributed by atoms with van der Waals surface area (Å²) in [5.74, 6) is -0.642. The van der Waals surface area contributed by atoms with Gasteiger partial charge in [0.15, 0.2) is 5.13 Å². The molecular formula is C18H20N4O3S. The Morgan fingerprint density at radius 3 is 2.27 bits per heavy atom. The van der Waals surface area contributed by atoms with Crippen molar-refractivity contribution in [1.29, 1.82) is 0 Å². The molecule has 2 amide bonds. The van der Waals surface area contributed by atoms with Gasteiger partial charge in [-0.2, -0.15) is 0 Å². The number of hydrogen-bond acceptors (Lipinski definition) is 7. The Morgan fingerprint density at radius 2 is 1.69 bits per heavy atom. The fourth-order valence-electron chi connectivity index (χ4n) is 3.47. The second-order valence-electron chi connectivity index (χ2n) is 6.52. The normalized spacial score (nSPS) is 19.1. The van der Waals surface area contributed by atoms with Gasteiger partial charge in [0.1, 0.15) is 0 Å². The van der Waals surface area contributed by atoms with Crippen molar-refractivity contribution in [2.45, 2.75) is 6.10 Å². The molecule has 0 aliphatic carbocycles. The molecule has 1 aromatic carbocycles. The first-order valence-corrected chi connectivity index (χ1v) is 9.51. The van der Waals surface area contributed by atoms with E-state index in [1.165, 1.54) is 0 Å². The van der Waals surface area contributed by atoms with E-state index in [0.717, 1.165) is 36.2 Å². The third-order valence-corrected chi connectivity index (χ3v) is 5.63. The highest BCUT2D eigenvalue weighted by atomic mass is 32.1. The van der Waals surface area contributed by atoms with E-state index in [1.54, 1.807) is 41.8 Å². The molecule has 0 unspecified atom stereocenters. The Morgan fingerprint density at radius 1 is 1.04 bits per heavy atom. The summed E-state index contributed by atoms with van der Waals surface area (Å²) < 4.78 is 0. The monoisotopic (exact) mass is 372 g/mol. The molecular weight excluding hydrogens is 352 g/mol. The molecule has 2 aliphatic heterocycles. The molecule has 0 radical (unpaired) electrons. The molecule has 136 valence electrons. The number of carbonyl (C=O) groups excluding carboxylic acids is 2. The predicted octanol–water partition coefficient (Wildman–Crippen LogP) is 0.922. The van der Waals surface area contributed by atoms with Gasteiger partial charge in [0.2, 0.25) is 0 Å². The molecule has 26 heavy (non-hydrogen) atoms. The lowest BCUT2D eigenvalue weighted by Crippen LogP contribution is -2.50. The van der Waals surface area contributed by atoms with Crippen LogP contribution in [0.5, 0.6) is 0 Å². The Kier molecular flexibility index (Phi) is 4.71. The molecule has 0 bridgehead atoms. The lowest BCUT2D eigenvalue weighted by molar-refractivity contribution is 0.0469. The van der Waals surface area contributed by atoms with Crippen LogP contribution in [0.3, 0.4) is 0 Å². The fourth-order valence-corrected chi connectivity index (χ4v) is 4.16. The number of piperazine rings is 1. The number of aromatic nitrogens is 1. The average molecular weight is 372 g/mol. The largest absolute Gasteiger partial charge is 0.390 e. The first-order chi connectivity index (χ1) is 12.6. The van der Waals surface area contributed by atoms with Crippen LogP contribution in [0.25, 0.3) is 0 Å². The van der Waals surface area contributed by atoms with Crippen molar-refractivity contribution in [2.24, 2.45) is 0 Å². The highest BCUT2D eigenvalue weighted by Crippen LogP contribution is 2.23. The first-order valence-electron chi connectivity index (χ1n) is 8.63. The second kappa shape index (κ2) is 7.14. The van der Waals surface area contributed by atoms with Gasteiger partial charge in [0, 0.05) is 44.3 Å². The molecule has 1 N–H and O–H groups in total. The Balaban J connectivity index is 1.31. The van der Waals surface area contributed by atoms with E-state index in [0.29, 0.717) is 17.7 Å². The number of nitrogens with zero attached hydrogens (tertiary/aromatic N) is 4. The number of benzene rings is 1. The van der Waals surface area contributed by atoms with Gasteiger partial charge in [-0.3, -0.25) is 19.4 Å². The number of hydrogen-bond donors (Lipinski definition) is 1. The number of carbonyl (C=O) groups is 2. The quantitative estimate of drug-likeness (QED) is 0.787. The van der Waals surface area contributed by atoms with Crippen LogP contribution in [-0.2, 0) is 0 Å². The zero-order chi connectivity index (χ0) is 18.1. The van der Waals surface area contributed by atoms with Gasteiger partial charge in [-0.15, -0.1) is 11.3 Å². The van der Waals surface area contributed by atoms with E-state index in [-0.39, 0.29) is 18.4 Å². The van der Waals surface area contributed by atoms with Crippen LogP contribution in [0.4, 0.5) is 5.13 Å². The summed E-state index contributed by atoms with van der Waals surface area (Å²) in [6.45, 7) is 3.82. The van der Waals surface area contributed by atoms with Crippen molar-refractivity contribution < 1.29 is 14.7 Å². The van der Waals surface area contributed by atoms with Crippen LogP contribution in [0.1, 0.15) is 20.7 Å². The van der Waals surface area contributed by atoms with Gasteiger partial charge in [-0.1, -0.05) is 12.1 Å². The number of fused-ring (bicyclic) bond motifs is 1. The molecule has 1 fully saturated rings. The minimum Gasteiger partial charge on any atom is -0.390 e. The molecule has 2 aliphatic rings. The number of rotatable bonds is 5. The summed E-state index contributed by atoms with van der Waals surface area (Å²) in [6, 6.07) is 6.79.